The summed E-state index contributed by atoms with van der Waals surface area (Å²) in [6.45, 7) is 0.0178. The molecule has 44 heavy (non-hydrogen) atoms. The quantitative estimate of drug-likeness (QED) is 0.144. The van der Waals surface area contributed by atoms with E-state index < -0.39 is 29.4 Å². The van der Waals surface area contributed by atoms with Crippen LogP contribution in [-0.4, -0.2) is 36.9 Å². The summed E-state index contributed by atoms with van der Waals surface area (Å²) in [5.74, 6) is -1.27. The van der Waals surface area contributed by atoms with Gasteiger partial charge in [-0.3, -0.25) is 14.4 Å². The van der Waals surface area contributed by atoms with Crippen molar-refractivity contribution in [2.45, 2.75) is 43.9 Å². The summed E-state index contributed by atoms with van der Waals surface area (Å²) in [4.78, 5) is 51.3. The van der Waals surface area contributed by atoms with Gasteiger partial charge in [-0.1, -0.05) is 121 Å². The van der Waals surface area contributed by atoms with Crippen LogP contribution in [0.2, 0.25) is 0 Å². The van der Waals surface area contributed by atoms with Crippen LogP contribution in [0.25, 0.3) is 0 Å². The van der Waals surface area contributed by atoms with Gasteiger partial charge in [0.05, 0.1) is 19.6 Å². The predicted octanol–water partition coefficient (Wildman–Crippen LogP) is 5.69. The summed E-state index contributed by atoms with van der Waals surface area (Å²) in [5.41, 5.74) is 2.35. The van der Waals surface area contributed by atoms with Crippen LogP contribution in [-0.2, 0) is 36.0 Å². The number of hydrogen-bond donors (Lipinski definition) is 2. The Morgan fingerprint density at radius 1 is 0.659 bits per heavy atom. The Balaban J connectivity index is 1.55. The van der Waals surface area contributed by atoms with E-state index in [0.29, 0.717) is 0 Å². The van der Waals surface area contributed by atoms with Crippen molar-refractivity contribution in [3.8, 4) is 0 Å². The van der Waals surface area contributed by atoms with Crippen LogP contribution < -0.4 is 10.6 Å². The molecular formula is C36H36N2O6. The first-order valence-corrected chi connectivity index (χ1v) is 14.5. The third-order valence-corrected chi connectivity index (χ3v) is 7.30. The zero-order valence-corrected chi connectivity index (χ0v) is 24.6. The lowest BCUT2D eigenvalue weighted by Crippen LogP contribution is -2.48. The van der Waals surface area contributed by atoms with E-state index in [1.807, 2.05) is 121 Å². The van der Waals surface area contributed by atoms with Gasteiger partial charge in [0, 0.05) is 12.8 Å². The van der Waals surface area contributed by atoms with Crippen LogP contribution in [0, 0.1) is 0 Å². The average molecular weight is 593 g/mol. The standard InChI is InChI=1S/C36H36N2O6/c1-43-34(41)25-23-32(39)31(37-35(42)44-26-27-14-6-2-7-15-27)22-24-33(40)38-36(28-16-8-3-9-17-28,29-18-10-4-11-19-29)30-20-12-5-13-21-30/h2-21,31H,22-26H2,1H3,(H,37,42)(H,38,40)/t31-/m0/s1. The number of ether oxygens (including phenoxy) is 2. The number of amides is 2. The van der Waals surface area contributed by atoms with Crippen molar-refractivity contribution in [3.63, 3.8) is 0 Å². The number of methoxy groups -OCH3 is 1. The van der Waals surface area contributed by atoms with Crippen LogP contribution in [0.3, 0.4) is 0 Å². The monoisotopic (exact) mass is 592 g/mol. The van der Waals surface area contributed by atoms with E-state index in [2.05, 4.69) is 15.4 Å². The molecule has 2 amide bonds. The number of benzene rings is 4. The minimum Gasteiger partial charge on any atom is -0.469 e. The highest BCUT2D eigenvalue weighted by Crippen LogP contribution is 2.37. The van der Waals surface area contributed by atoms with Gasteiger partial charge >= 0.3 is 12.1 Å². The van der Waals surface area contributed by atoms with E-state index in [-0.39, 0.29) is 38.2 Å². The van der Waals surface area contributed by atoms with Crippen LogP contribution >= 0.6 is 0 Å². The molecule has 0 bridgehead atoms. The molecule has 8 heteroatoms. The van der Waals surface area contributed by atoms with E-state index in [0.717, 1.165) is 22.3 Å². The SMILES string of the molecule is COC(=O)CCC(=O)[C@H](CCC(=O)NC(c1ccccc1)(c1ccccc1)c1ccccc1)NC(=O)OCc1ccccc1. The smallest absolute Gasteiger partial charge is 0.408 e. The molecule has 0 saturated heterocycles. The number of esters is 1. The van der Waals surface area contributed by atoms with Gasteiger partial charge in [-0.05, 0) is 28.7 Å². The lowest BCUT2D eigenvalue weighted by atomic mass is 9.77. The lowest BCUT2D eigenvalue weighted by molar-refractivity contribution is -0.142. The third kappa shape index (κ3) is 8.41. The van der Waals surface area contributed by atoms with E-state index in [4.69, 9.17) is 4.74 Å². The molecule has 0 saturated carbocycles. The topological polar surface area (TPSA) is 111 Å². The molecule has 0 radical (unpaired) electrons. The second-order valence-corrected chi connectivity index (χ2v) is 10.2. The Hall–Kier alpha value is -5.24. The number of ketones is 1. The number of hydrogen-bond acceptors (Lipinski definition) is 6. The number of alkyl carbamates (subject to hydrolysis) is 1. The van der Waals surface area contributed by atoms with Crippen LogP contribution in [0.4, 0.5) is 4.79 Å². The fourth-order valence-electron chi connectivity index (χ4n) is 5.05. The summed E-state index contributed by atoms with van der Waals surface area (Å²) >= 11 is 0. The van der Waals surface area contributed by atoms with Gasteiger partial charge in [0.25, 0.3) is 0 Å². The van der Waals surface area contributed by atoms with Gasteiger partial charge in [-0.25, -0.2) is 4.79 Å². The molecule has 0 fully saturated rings. The highest BCUT2D eigenvalue weighted by Gasteiger charge is 2.38. The van der Waals surface area contributed by atoms with Gasteiger partial charge in [-0.15, -0.1) is 0 Å². The van der Waals surface area contributed by atoms with Gasteiger partial charge < -0.3 is 20.1 Å². The van der Waals surface area contributed by atoms with Crippen molar-refractivity contribution < 1.29 is 28.7 Å². The fraction of sp³-hybridized carbons (Fsp3) is 0.222. The molecule has 0 aliphatic heterocycles. The van der Waals surface area contributed by atoms with Gasteiger partial charge in [-0.2, -0.15) is 0 Å². The Labute approximate surface area is 257 Å². The Morgan fingerprint density at radius 3 is 1.61 bits per heavy atom. The van der Waals surface area contributed by atoms with Crippen molar-refractivity contribution >= 4 is 23.8 Å². The summed E-state index contributed by atoms with van der Waals surface area (Å²) in [7, 11) is 1.24. The van der Waals surface area contributed by atoms with E-state index >= 15 is 0 Å². The molecule has 8 nitrogen and oxygen atoms in total. The number of nitrogens with one attached hydrogen (secondary N) is 2. The maximum absolute atomic E-state index is 13.8. The van der Waals surface area contributed by atoms with Crippen molar-refractivity contribution in [2.24, 2.45) is 0 Å². The maximum Gasteiger partial charge on any atom is 0.408 e. The fourth-order valence-corrected chi connectivity index (χ4v) is 5.05. The Bertz CT molecular complexity index is 1420. The first-order chi connectivity index (χ1) is 21.4. The molecular weight excluding hydrogens is 556 g/mol. The molecule has 0 aliphatic rings. The predicted molar refractivity (Wildman–Crippen MR) is 166 cm³/mol. The van der Waals surface area contributed by atoms with E-state index in [1.165, 1.54) is 7.11 Å². The largest absolute Gasteiger partial charge is 0.469 e. The Morgan fingerprint density at radius 2 is 1.14 bits per heavy atom. The zero-order valence-electron chi connectivity index (χ0n) is 24.6. The molecule has 2 N–H and O–H groups in total. The molecule has 226 valence electrons. The zero-order chi connectivity index (χ0) is 31.2. The number of Topliss-reactive ketones (excluding diaryl/α,β-unsaturated/α-hetero) is 1. The van der Waals surface area contributed by atoms with Crippen molar-refractivity contribution in [1.29, 1.82) is 0 Å². The van der Waals surface area contributed by atoms with Crippen molar-refractivity contribution in [1.82, 2.24) is 10.6 Å². The Kier molecular flexibility index (Phi) is 11.4. The third-order valence-electron chi connectivity index (χ3n) is 7.30. The normalized spacial score (nSPS) is 11.6. The van der Waals surface area contributed by atoms with E-state index in [9.17, 15) is 19.2 Å². The average Bonchev–Trinajstić information content (AvgIpc) is 3.08. The first-order valence-electron chi connectivity index (χ1n) is 14.5. The number of rotatable bonds is 14. The molecule has 0 unspecified atom stereocenters. The summed E-state index contributed by atoms with van der Waals surface area (Å²) in [5, 5.41) is 5.86. The molecule has 4 aromatic carbocycles. The highest BCUT2D eigenvalue weighted by atomic mass is 16.5. The van der Waals surface area contributed by atoms with Crippen LogP contribution in [0.5, 0.6) is 0 Å². The molecule has 0 heterocycles. The summed E-state index contributed by atoms with van der Waals surface area (Å²) in [6.07, 6.45) is -1.17. The van der Waals surface area contributed by atoms with E-state index in [1.54, 1.807) is 0 Å². The molecule has 1 atom stereocenters. The van der Waals surface area contributed by atoms with Gasteiger partial charge in [0.1, 0.15) is 12.1 Å². The summed E-state index contributed by atoms with van der Waals surface area (Å²) < 4.78 is 9.98. The van der Waals surface area contributed by atoms with Crippen LogP contribution in [0.15, 0.2) is 121 Å². The van der Waals surface area contributed by atoms with Gasteiger partial charge in [0.2, 0.25) is 5.91 Å². The minimum atomic E-state index is -1.05. The second kappa shape index (κ2) is 15.8. The first kappa shape index (κ1) is 31.7. The molecule has 4 rings (SSSR count). The molecule has 0 spiro atoms. The van der Waals surface area contributed by atoms with Gasteiger partial charge in [0.15, 0.2) is 5.78 Å². The van der Waals surface area contributed by atoms with Crippen LogP contribution in [0.1, 0.15) is 47.9 Å². The second-order valence-electron chi connectivity index (χ2n) is 10.2. The minimum absolute atomic E-state index is 0.000720. The lowest BCUT2D eigenvalue weighted by Gasteiger charge is -2.37. The molecule has 0 aromatic heterocycles. The molecule has 0 aliphatic carbocycles. The number of carbonyl (C=O) groups is 4. The maximum atomic E-state index is 13.8. The number of carbonyl (C=O) groups excluding carboxylic acids is 4. The van der Waals surface area contributed by atoms with Crippen molar-refractivity contribution in [3.05, 3.63) is 144 Å². The highest BCUT2D eigenvalue weighted by molar-refractivity contribution is 5.90. The summed E-state index contributed by atoms with van der Waals surface area (Å²) in [6, 6.07) is 37.1. The molecule has 4 aromatic rings. The van der Waals surface area contributed by atoms with Crippen molar-refractivity contribution in [2.75, 3.05) is 7.11 Å².